The predicted molar refractivity (Wildman–Crippen MR) is 55.9 cm³/mol. The quantitative estimate of drug-likeness (QED) is 0.590. The normalized spacial score (nSPS) is 23.8. The molecule has 1 fully saturated rings. The summed E-state index contributed by atoms with van der Waals surface area (Å²) in [5.74, 6) is -1.14. The van der Waals surface area contributed by atoms with Gasteiger partial charge in [0, 0.05) is 6.42 Å². The molecule has 1 unspecified atom stereocenters. The second kappa shape index (κ2) is 5.04. The number of unbranched alkanes of at least 4 members (excludes halogenated alkanes) is 1. The fourth-order valence-corrected chi connectivity index (χ4v) is 1.83. The fourth-order valence-electron chi connectivity index (χ4n) is 1.31. The van der Waals surface area contributed by atoms with E-state index < -0.39 is 21.4 Å². The van der Waals surface area contributed by atoms with Gasteiger partial charge in [-0.25, -0.2) is 4.72 Å². The van der Waals surface area contributed by atoms with Gasteiger partial charge in [-0.1, -0.05) is 0 Å². The standard InChI is InChI=1S/C9H14F3NO4S/c1-8(6-17-8)5-3-2-4-7(14)13-18(15,16)9(10,11)12/h2-6H2,1H3,(H,13,14). The summed E-state index contributed by atoms with van der Waals surface area (Å²) in [5.41, 5.74) is -5.63. The Morgan fingerprint density at radius 3 is 2.39 bits per heavy atom. The topological polar surface area (TPSA) is 75.8 Å². The van der Waals surface area contributed by atoms with Crippen LogP contribution >= 0.6 is 0 Å². The number of nitrogens with one attached hydrogen (secondary N) is 1. The molecule has 1 saturated heterocycles. The van der Waals surface area contributed by atoms with Gasteiger partial charge in [-0.15, -0.1) is 0 Å². The van der Waals surface area contributed by atoms with Crippen molar-refractivity contribution in [3.8, 4) is 0 Å². The Hall–Kier alpha value is -0.830. The Bertz CT molecular complexity index is 414. The number of carbonyl (C=O) groups excluding carboxylic acids is 1. The van der Waals surface area contributed by atoms with E-state index in [2.05, 4.69) is 0 Å². The van der Waals surface area contributed by atoms with Gasteiger partial charge < -0.3 is 4.74 Å². The first-order valence-corrected chi connectivity index (χ1v) is 6.80. The summed E-state index contributed by atoms with van der Waals surface area (Å²) < 4.78 is 63.0. The number of hydrogen-bond donors (Lipinski definition) is 1. The number of halogens is 3. The van der Waals surface area contributed by atoms with Crippen molar-refractivity contribution in [2.75, 3.05) is 6.61 Å². The zero-order chi connectivity index (χ0) is 14.0. The lowest BCUT2D eigenvalue weighted by molar-refractivity contribution is -0.120. The van der Waals surface area contributed by atoms with E-state index >= 15 is 0 Å². The predicted octanol–water partition coefficient (Wildman–Crippen LogP) is 1.30. The molecule has 9 heteroatoms. The molecule has 1 aliphatic rings. The van der Waals surface area contributed by atoms with Gasteiger partial charge in [-0.3, -0.25) is 4.79 Å². The van der Waals surface area contributed by atoms with Gasteiger partial charge in [0.1, 0.15) is 0 Å². The maximum absolute atomic E-state index is 11.9. The van der Waals surface area contributed by atoms with Crippen LogP contribution in [-0.4, -0.2) is 32.0 Å². The van der Waals surface area contributed by atoms with E-state index in [9.17, 15) is 26.4 Å². The zero-order valence-electron chi connectivity index (χ0n) is 9.71. The molecule has 0 spiro atoms. The average Bonchev–Trinajstić information content (AvgIpc) is 2.89. The Morgan fingerprint density at radius 2 is 1.94 bits per heavy atom. The summed E-state index contributed by atoms with van der Waals surface area (Å²) >= 11 is 0. The van der Waals surface area contributed by atoms with E-state index in [1.54, 1.807) is 0 Å². The van der Waals surface area contributed by atoms with Crippen LogP contribution in [-0.2, 0) is 19.6 Å². The summed E-state index contributed by atoms with van der Waals surface area (Å²) in [5, 5.41) is 0. The van der Waals surface area contributed by atoms with Crippen molar-refractivity contribution < 1.29 is 31.1 Å². The highest BCUT2D eigenvalue weighted by molar-refractivity contribution is 7.90. The lowest BCUT2D eigenvalue weighted by Crippen LogP contribution is -2.40. The SMILES string of the molecule is CC1(CCCCC(=O)NS(=O)(=O)C(F)(F)F)CO1. The highest BCUT2D eigenvalue weighted by Crippen LogP contribution is 2.31. The molecular weight excluding hydrogens is 275 g/mol. The van der Waals surface area contributed by atoms with Crippen LogP contribution < -0.4 is 4.72 Å². The monoisotopic (exact) mass is 289 g/mol. The molecule has 18 heavy (non-hydrogen) atoms. The van der Waals surface area contributed by atoms with E-state index in [1.807, 2.05) is 6.92 Å². The molecule has 5 nitrogen and oxygen atoms in total. The second-order valence-corrected chi connectivity index (χ2v) is 6.09. The Kier molecular flexibility index (Phi) is 4.26. The number of ether oxygens (including phenoxy) is 1. The largest absolute Gasteiger partial charge is 0.516 e. The third-order valence-electron chi connectivity index (χ3n) is 2.55. The number of sulfonamides is 1. The van der Waals surface area contributed by atoms with E-state index in [0.29, 0.717) is 25.9 Å². The third kappa shape index (κ3) is 4.45. The third-order valence-corrected chi connectivity index (χ3v) is 3.66. The van der Waals surface area contributed by atoms with Crippen LogP contribution in [0.2, 0.25) is 0 Å². The molecule has 1 atom stereocenters. The first-order valence-electron chi connectivity index (χ1n) is 5.32. The van der Waals surface area contributed by atoms with Crippen molar-refractivity contribution in [3.63, 3.8) is 0 Å². The molecule has 0 bridgehead atoms. The molecule has 1 aliphatic heterocycles. The van der Waals surface area contributed by atoms with Gasteiger partial charge in [-0.2, -0.15) is 21.6 Å². The van der Waals surface area contributed by atoms with E-state index in [0.717, 1.165) is 4.72 Å². The summed E-state index contributed by atoms with van der Waals surface area (Å²) in [6.45, 7) is 2.53. The van der Waals surface area contributed by atoms with Crippen molar-refractivity contribution in [2.24, 2.45) is 0 Å². The minimum Gasteiger partial charge on any atom is -0.370 e. The van der Waals surface area contributed by atoms with Gasteiger partial charge in [0.05, 0.1) is 12.2 Å². The molecule has 0 aromatic heterocycles. The van der Waals surface area contributed by atoms with Gasteiger partial charge in [-0.05, 0) is 26.2 Å². The number of amides is 1. The first-order chi connectivity index (χ1) is 8.06. The number of hydrogen-bond acceptors (Lipinski definition) is 4. The summed E-state index contributed by atoms with van der Waals surface area (Å²) in [6.07, 6.45) is 1.35. The minimum absolute atomic E-state index is 0.172. The maximum atomic E-state index is 11.9. The molecule has 0 radical (unpaired) electrons. The van der Waals surface area contributed by atoms with Crippen LogP contribution in [0.5, 0.6) is 0 Å². The van der Waals surface area contributed by atoms with Gasteiger partial charge in [0.2, 0.25) is 5.91 Å². The summed E-state index contributed by atoms with van der Waals surface area (Å²) in [7, 11) is -5.57. The van der Waals surface area contributed by atoms with Gasteiger partial charge >= 0.3 is 15.5 Å². The van der Waals surface area contributed by atoms with Crippen LogP contribution in [0.15, 0.2) is 0 Å². The molecule has 106 valence electrons. The molecule has 0 aromatic carbocycles. The van der Waals surface area contributed by atoms with Crippen LogP contribution in [0.1, 0.15) is 32.6 Å². The Morgan fingerprint density at radius 1 is 1.39 bits per heavy atom. The van der Waals surface area contributed by atoms with Crippen LogP contribution in [0.25, 0.3) is 0 Å². The van der Waals surface area contributed by atoms with E-state index in [4.69, 9.17) is 4.74 Å². The molecular formula is C9H14F3NO4S. The van der Waals surface area contributed by atoms with Crippen molar-refractivity contribution in [3.05, 3.63) is 0 Å². The number of rotatable bonds is 6. The molecule has 1 heterocycles. The van der Waals surface area contributed by atoms with Crippen LogP contribution in [0.4, 0.5) is 13.2 Å². The van der Waals surface area contributed by atoms with E-state index in [-0.39, 0.29) is 12.0 Å². The van der Waals surface area contributed by atoms with Crippen molar-refractivity contribution >= 4 is 15.9 Å². The lowest BCUT2D eigenvalue weighted by atomic mass is 10.0. The average molecular weight is 289 g/mol. The zero-order valence-corrected chi connectivity index (χ0v) is 10.5. The maximum Gasteiger partial charge on any atom is 0.516 e. The second-order valence-electron chi connectivity index (χ2n) is 4.42. The number of epoxide rings is 1. The molecule has 1 N–H and O–H groups in total. The highest BCUT2D eigenvalue weighted by atomic mass is 32.2. The summed E-state index contributed by atoms with van der Waals surface area (Å²) in [4.78, 5) is 11.0. The first kappa shape index (κ1) is 15.2. The van der Waals surface area contributed by atoms with Crippen molar-refractivity contribution in [2.45, 2.75) is 43.7 Å². The highest BCUT2D eigenvalue weighted by Gasteiger charge is 2.46. The van der Waals surface area contributed by atoms with Gasteiger partial charge in [0.25, 0.3) is 0 Å². The molecule has 0 aromatic rings. The minimum atomic E-state index is -5.57. The molecule has 0 aliphatic carbocycles. The van der Waals surface area contributed by atoms with Crippen molar-refractivity contribution in [1.82, 2.24) is 4.72 Å². The van der Waals surface area contributed by atoms with Gasteiger partial charge in [0.15, 0.2) is 0 Å². The number of alkyl halides is 3. The van der Waals surface area contributed by atoms with Crippen LogP contribution in [0, 0.1) is 0 Å². The molecule has 1 amide bonds. The number of carbonyl (C=O) groups is 1. The van der Waals surface area contributed by atoms with E-state index in [1.165, 1.54) is 0 Å². The smallest absolute Gasteiger partial charge is 0.370 e. The Labute approximate surface area is 103 Å². The summed E-state index contributed by atoms with van der Waals surface area (Å²) in [6, 6.07) is 0. The fraction of sp³-hybridized carbons (Fsp3) is 0.889. The lowest BCUT2D eigenvalue weighted by Gasteiger charge is -2.09. The Balaban J connectivity index is 2.25. The molecule has 1 rings (SSSR count). The van der Waals surface area contributed by atoms with Crippen molar-refractivity contribution in [1.29, 1.82) is 0 Å². The molecule has 0 saturated carbocycles. The van der Waals surface area contributed by atoms with Crippen LogP contribution in [0.3, 0.4) is 0 Å².